The fourth-order valence-electron chi connectivity index (χ4n) is 3.82. The molecular formula is C20H21ClN2O2. The van der Waals surface area contributed by atoms with Crippen LogP contribution in [0.2, 0.25) is 5.02 Å². The Balaban J connectivity index is 1.83. The van der Waals surface area contributed by atoms with E-state index in [9.17, 15) is 9.90 Å². The highest BCUT2D eigenvalue weighted by Gasteiger charge is 2.18. The normalized spacial score (nSPS) is 16.7. The summed E-state index contributed by atoms with van der Waals surface area (Å²) in [4.78, 5) is 15.1. The Morgan fingerprint density at radius 1 is 1.00 bits per heavy atom. The summed E-state index contributed by atoms with van der Waals surface area (Å²) in [5.41, 5.74) is 1.62. The van der Waals surface area contributed by atoms with Crippen molar-refractivity contribution >= 4 is 33.4 Å². The Labute approximate surface area is 151 Å². The molecule has 0 bridgehead atoms. The maximum absolute atomic E-state index is 12.8. The Bertz CT molecular complexity index is 976. The van der Waals surface area contributed by atoms with Gasteiger partial charge in [0, 0.05) is 22.3 Å². The summed E-state index contributed by atoms with van der Waals surface area (Å²) in [7, 11) is 0. The number of nitrogens with zero attached hydrogens (tertiary/aromatic N) is 2. The number of aromatic nitrogens is 1. The summed E-state index contributed by atoms with van der Waals surface area (Å²) in [5.74, 6) is 0. The van der Waals surface area contributed by atoms with E-state index in [0.29, 0.717) is 28.9 Å². The van der Waals surface area contributed by atoms with Gasteiger partial charge in [-0.2, -0.15) is 0 Å². The molecule has 1 aromatic heterocycles. The quantitative estimate of drug-likeness (QED) is 0.730. The number of benzene rings is 2. The Hall–Kier alpha value is -1.88. The maximum atomic E-state index is 12.8. The number of likely N-dealkylation sites (tertiary alicyclic amines) is 1. The molecule has 4 rings (SSSR count). The topological polar surface area (TPSA) is 45.5 Å². The minimum Gasteiger partial charge on any atom is -0.390 e. The fraction of sp³-hybridized carbons (Fsp3) is 0.350. The molecule has 130 valence electrons. The van der Waals surface area contributed by atoms with Crippen molar-refractivity contribution in [2.75, 3.05) is 19.6 Å². The molecule has 1 aliphatic rings. The molecule has 1 N–H and O–H groups in total. The molecule has 1 atom stereocenters. The zero-order valence-electron chi connectivity index (χ0n) is 14.0. The predicted octanol–water partition coefficient (Wildman–Crippen LogP) is 3.26. The maximum Gasteiger partial charge on any atom is 0.197 e. The largest absolute Gasteiger partial charge is 0.390 e. The van der Waals surface area contributed by atoms with Crippen LogP contribution in [0.15, 0.2) is 47.3 Å². The van der Waals surface area contributed by atoms with E-state index in [0.717, 1.165) is 24.1 Å². The summed E-state index contributed by atoms with van der Waals surface area (Å²) >= 11 is 6.18. The van der Waals surface area contributed by atoms with Gasteiger partial charge in [0.25, 0.3) is 0 Å². The number of aliphatic hydroxyl groups excluding tert-OH is 1. The Morgan fingerprint density at radius 2 is 1.72 bits per heavy atom. The molecule has 0 spiro atoms. The van der Waals surface area contributed by atoms with Crippen LogP contribution in [-0.4, -0.2) is 40.3 Å². The molecule has 1 aliphatic heterocycles. The second-order valence-electron chi connectivity index (χ2n) is 6.78. The first-order valence-corrected chi connectivity index (χ1v) is 9.12. The summed E-state index contributed by atoms with van der Waals surface area (Å²) in [6.45, 7) is 3.19. The molecule has 0 aliphatic carbocycles. The second-order valence-corrected chi connectivity index (χ2v) is 7.22. The van der Waals surface area contributed by atoms with Crippen LogP contribution in [0.5, 0.6) is 0 Å². The first-order chi connectivity index (χ1) is 12.1. The SMILES string of the molecule is O=c1c2ccccc2n(CC(O)CN2CCCC2)c2cc(Cl)ccc12. The van der Waals surface area contributed by atoms with E-state index in [1.165, 1.54) is 12.8 Å². The molecule has 3 aromatic rings. The van der Waals surface area contributed by atoms with Gasteiger partial charge in [-0.3, -0.25) is 4.79 Å². The molecule has 2 heterocycles. The van der Waals surface area contributed by atoms with Crippen molar-refractivity contribution in [1.82, 2.24) is 9.47 Å². The van der Waals surface area contributed by atoms with Gasteiger partial charge in [-0.05, 0) is 56.3 Å². The zero-order chi connectivity index (χ0) is 17.4. The molecule has 2 aromatic carbocycles. The average Bonchev–Trinajstić information content (AvgIpc) is 3.11. The first kappa shape index (κ1) is 16.6. The van der Waals surface area contributed by atoms with Gasteiger partial charge < -0.3 is 14.6 Å². The van der Waals surface area contributed by atoms with E-state index in [-0.39, 0.29) is 5.43 Å². The monoisotopic (exact) mass is 356 g/mol. The van der Waals surface area contributed by atoms with E-state index in [4.69, 9.17) is 11.6 Å². The molecule has 0 amide bonds. The number of hydrogen-bond donors (Lipinski definition) is 1. The number of rotatable bonds is 4. The van der Waals surface area contributed by atoms with E-state index < -0.39 is 6.10 Å². The number of pyridine rings is 1. The summed E-state index contributed by atoms with van der Waals surface area (Å²) in [6.07, 6.45) is 1.91. The molecule has 0 radical (unpaired) electrons. The van der Waals surface area contributed by atoms with Gasteiger partial charge >= 0.3 is 0 Å². The summed E-state index contributed by atoms with van der Waals surface area (Å²) in [6, 6.07) is 12.9. The third kappa shape index (κ3) is 3.17. The summed E-state index contributed by atoms with van der Waals surface area (Å²) < 4.78 is 2.03. The lowest BCUT2D eigenvalue weighted by molar-refractivity contribution is 0.111. The van der Waals surface area contributed by atoms with Gasteiger partial charge in [0.05, 0.1) is 23.7 Å². The van der Waals surface area contributed by atoms with Crippen molar-refractivity contribution in [1.29, 1.82) is 0 Å². The fourth-order valence-corrected chi connectivity index (χ4v) is 3.99. The molecule has 0 saturated carbocycles. The zero-order valence-corrected chi connectivity index (χ0v) is 14.7. The van der Waals surface area contributed by atoms with Crippen molar-refractivity contribution in [2.45, 2.75) is 25.5 Å². The van der Waals surface area contributed by atoms with Crippen LogP contribution in [0, 0.1) is 0 Å². The molecule has 4 nitrogen and oxygen atoms in total. The number of hydrogen-bond acceptors (Lipinski definition) is 3. The third-order valence-corrected chi connectivity index (χ3v) is 5.23. The van der Waals surface area contributed by atoms with Crippen LogP contribution in [0.3, 0.4) is 0 Å². The number of aliphatic hydroxyl groups is 1. The van der Waals surface area contributed by atoms with Crippen molar-refractivity contribution in [3.05, 3.63) is 57.7 Å². The van der Waals surface area contributed by atoms with Gasteiger partial charge in [-0.1, -0.05) is 23.7 Å². The van der Waals surface area contributed by atoms with E-state index in [1.54, 1.807) is 12.1 Å². The number of β-amino-alcohol motifs (C(OH)–C–C–N with tert-alkyl or cyclic N) is 1. The van der Waals surface area contributed by atoms with Gasteiger partial charge in [0.15, 0.2) is 5.43 Å². The standard InChI is InChI=1S/C20H21ClN2O2/c21-14-7-8-17-19(11-14)23(13-15(24)12-22-9-3-4-10-22)18-6-2-1-5-16(18)20(17)25/h1-2,5-8,11,15,24H,3-4,9-10,12-13H2. The minimum absolute atomic E-state index is 0.00699. The predicted molar refractivity (Wildman–Crippen MR) is 102 cm³/mol. The highest BCUT2D eigenvalue weighted by atomic mass is 35.5. The molecular weight excluding hydrogens is 336 g/mol. The molecule has 1 unspecified atom stereocenters. The Kier molecular flexibility index (Phi) is 4.50. The number of para-hydroxylation sites is 1. The van der Waals surface area contributed by atoms with Gasteiger partial charge in [-0.25, -0.2) is 0 Å². The van der Waals surface area contributed by atoms with Gasteiger partial charge in [0.1, 0.15) is 0 Å². The molecule has 1 saturated heterocycles. The molecule has 25 heavy (non-hydrogen) atoms. The smallest absolute Gasteiger partial charge is 0.197 e. The van der Waals surface area contributed by atoms with Crippen molar-refractivity contribution < 1.29 is 5.11 Å². The van der Waals surface area contributed by atoms with Crippen molar-refractivity contribution in [2.24, 2.45) is 0 Å². The second kappa shape index (κ2) is 6.79. The van der Waals surface area contributed by atoms with Crippen LogP contribution in [-0.2, 0) is 6.54 Å². The van der Waals surface area contributed by atoms with Crippen LogP contribution in [0.25, 0.3) is 21.8 Å². The van der Waals surface area contributed by atoms with Gasteiger partial charge in [-0.15, -0.1) is 0 Å². The number of halogens is 1. The van der Waals surface area contributed by atoms with Crippen molar-refractivity contribution in [3.8, 4) is 0 Å². The molecule has 1 fully saturated rings. The van der Waals surface area contributed by atoms with Crippen LogP contribution in [0.1, 0.15) is 12.8 Å². The lowest BCUT2D eigenvalue weighted by atomic mass is 10.1. The van der Waals surface area contributed by atoms with E-state index in [2.05, 4.69) is 4.90 Å². The third-order valence-electron chi connectivity index (χ3n) is 5.00. The summed E-state index contributed by atoms with van der Waals surface area (Å²) in [5, 5.41) is 12.5. The average molecular weight is 357 g/mol. The highest BCUT2D eigenvalue weighted by Crippen LogP contribution is 2.23. The minimum atomic E-state index is -0.494. The van der Waals surface area contributed by atoms with E-state index >= 15 is 0 Å². The highest BCUT2D eigenvalue weighted by molar-refractivity contribution is 6.31. The first-order valence-electron chi connectivity index (χ1n) is 8.75. The van der Waals surface area contributed by atoms with Crippen molar-refractivity contribution in [3.63, 3.8) is 0 Å². The van der Waals surface area contributed by atoms with E-state index in [1.807, 2.05) is 34.9 Å². The van der Waals surface area contributed by atoms with Crippen LogP contribution < -0.4 is 5.43 Å². The molecule has 5 heteroatoms. The van der Waals surface area contributed by atoms with Gasteiger partial charge in [0.2, 0.25) is 0 Å². The van der Waals surface area contributed by atoms with Crippen LogP contribution in [0.4, 0.5) is 0 Å². The lowest BCUT2D eigenvalue weighted by Gasteiger charge is -2.22. The van der Waals surface area contributed by atoms with Crippen LogP contribution >= 0.6 is 11.6 Å². The Morgan fingerprint density at radius 3 is 2.52 bits per heavy atom. The number of fused-ring (bicyclic) bond motifs is 2. The lowest BCUT2D eigenvalue weighted by Crippen LogP contribution is -2.33.